The second-order valence-corrected chi connectivity index (χ2v) is 9.45. The lowest BCUT2D eigenvalue weighted by Gasteiger charge is -2.24. The zero-order valence-corrected chi connectivity index (χ0v) is 21.2. The average Bonchev–Trinajstić information content (AvgIpc) is 3.12. The Kier molecular flexibility index (Phi) is 7.29. The first-order valence-corrected chi connectivity index (χ1v) is 12.3. The van der Waals surface area contributed by atoms with Crippen molar-refractivity contribution in [2.45, 2.75) is 19.9 Å². The highest BCUT2D eigenvalue weighted by atomic mass is 79.9. The topological polar surface area (TPSA) is 69.9 Å². The van der Waals surface area contributed by atoms with Crippen molar-refractivity contribution < 1.29 is 14.3 Å². The van der Waals surface area contributed by atoms with E-state index >= 15 is 0 Å². The number of ether oxygens (including phenoxy) is 2. The van der Waals surface area contributed by atoms with Gasteiger partial charge in [0.1, 0.15) is 12.4 Å². The van der Waals surface area contributed by atoms with Gasteiger partial charge in [0.05, 0.1) is 28.5 Å². The Morgan fingerprint density at radius 1 is 1.21 bits per heavy atom. The van der Waals surface area contributed by atoms with E-state index in [4.69, 9.17) is 9.47 Å². The number of hydrogen-bond acceptors (Lipinski definition) is 6. The molecule has 1 aliphatic heterocycles. The molecule has 1 aliphatic rings. The van der Waals surface area contributed by atoms with E-state index in [9.17, 15) is 9.59 Å². The molecule has 0 saturated heterocycles. The molecule has 0 amide bonds. The lowest BCUT2D eigenvalue weighted by Crippen LogP contribution is -2.39. The molecule has 4 rings (SSSR count). The molecule has 0 spiro atoms. The molecule has 174 valence electrons. The van der Waals surface area contributed by atoms with Crippen molar-refractivity contribution in [3.8, 4) is 5.75 Å². The number of aromatic nitrogens is 1. The van der Waals surface area contributed by atoms with Gasteiger partial charge >= 0.3 is 5.97 Å². The second-order valence-electron chi connectivity index (χ2n) is 7.52. The Balaban J connectivity index is 1.84. The van der Waals surface area contributed by atoms with Gasteiger partial charge in [-0.1, -0.05) is 64.2 Å². The Morgan fingerprint density at radius 2 is 1.91 bits per heavy atom. The predicted octanol–water partition coefficient (Wildman–Crippen LogP) is 4.13. The van der Waals surface area contributed by atoms with Crippen LogP contribution in [0.2, 0.25) is 0 Å². The standard InChI is InChI=1S/C26H23BrN2O4S/c1-4-14-33-20-12-6-17(7-13-20)15-21-24(30)29-23(18-8-10-19(27)11-9-18)22(25(31)32-5-2)16(3)28-26(29)34-21/h4,6-13,15,23H,1,5,14H2,2-3H3/t23-/m1/s1. The van der Waals surface area contributed by atoms with E-state index in [1.54, 1.807) is 24.5 Å². The van der Waals surface area contributed by atoms with Crippen molar-refractivity contribution in [1.82, 2.24) is 4.57 Å². The zero-order chi connectivity index (χ0) is 24.2. The fraction of sp³-hybridized carbons (Fsp3) is 0.192. The molecule has 2 aromatic carbocycles. The van der Waals surface area contributed by atoms with Gasteiger partial charge in [-0.25, -0.2) is 9.79 Å². The van der Waals surface area contributed by atoms with Crippen LogP contribution >= 0.6 is 27.3 Å². The predicted molar refractivity (Wildman–Crippen MR) is 137 cm³/mol. The van der Waals surface area contributed by atoms with Gasteiger partial charge in [0, 0.05) is 4.47 Å². The number of carbonyl (C=O) groups excluding carboxylic acids is 1. The van der Waals surface area contributed by atoms with Gasteiger partial charge < -0.3 is 9.47 Å². The van der Waals surface area contributed by atoms with Crippen molar-refractivity contribution >= 4 is 39.3 Å². The third kappa shape index (κ3) is 4.83. The zero-order valence-electron chi connectivity index (χ0n) is 18.8. The fourth-order valence-electron chi connectivity index (χ4n) is 3.72. The van der Waals surface area contributed by atoms with Crippen LogP contribution in [-0.2, 0) is 9.53 Å². The number of rotatable bonds is 7. The molecule has 0 N–H and O–H groups in total. The van der Waals surface area contributed by atoms with E-state index in [0.29, 0.717) is 27.2 Å². The number of halogens is 1. The minimum Gasteiger partial charge on any atom is -0.490 e. The smallest absolute Gasteiger partial charge is 0.338 e. The van der Waals surface area contributed by atoms with Crippen LogP contribution in [0.1, 0.15) is 31.0 Å². The highest BCUT2D eigenvalue weighted by Gasteiger charge is 2.33. The van der Waals surface area contributed by atoms with Crippen LogP contribution in [-0.4, -0.2) is 23.8 Å². The molecule has 0 bridgehead atoms. The maximum atomic E-state index is 13.6. The summed E-state index contributed by atoms with van der Waals surface area (Å²) >= 11 is 4.74. The molecule has 1 aromatic heterocycles. The summed E-state index contributed by atoms with van der Waals surface area (Å²) < 4.78 is 13.9. The molecule has 8 heteroatoms. The van der Waals surface area contributed by atoms with Gasteiger partial charge in [-0.2, -0.15) is 0 Å². The van der Waals surface area contributed by atoms with Crippen LogP contribution in [0.5, 0.6) is 5.75 Å². The first-order valence-electron chi connectivity index (χ1n) is 10.7. The molecule has 0 saturated carbocycles. The van der Waals surface area contributed by atoms with E-state index < -0.39 is 12.0 Å². The monoisotopic (exact) mass is 538 g/mol. The molecule has 1 atom stereocenters. The first kappa shape index (κ1) is 23.9. The third-order valence-electron chi connectivity index (χ3n) is 5.25. The van der Waals surface area contributed by atoms with Crippen LogP contribution < -0.4 is 19.6 Å². The molecular weight excluding hydrogens is 516 g/mol. The maximum Gasteiger partial charge on any atom is 0.338 e. The summed E-state index contributed by atoms with van der Waals surface area (Å²) in [6.07, 6.45) is 3.51. The first-order chi connectivity index (χ1) is 16.4. The van der Waals surface area contributed by atoms with E-state index in [2.05, 4.69) is 27.5 Å². The summed E-state index contributed by atoms with van der Waals surface area (Å²) in [7, 11) is 0. The fourth-order valence-corrected chi connectivity index (χ4v) is 5.03. The van der Waals surface area contributed by atoms with Gasteiger partial charge in [0.15, 0.2) is 4.80 Å². The molecule has 34 heavy (non-hydrogen) atoms. The molecule has 6 nitrogen and oxygen atoms in total. The molecule has 2 heterocycles. The summed E-state index contributed by atoms with van der Waals surface area (Å²) in [6.45, 7) is 7.84. The number of carbonyl (C=O) groups is 1. The minimum atomic E-state index is -0.625. The van der Waals surface area contributed by atoms with E-state index in [1.807, 2.05) is 54.6 Å². The number of thiazole rings is 1. The van der Waals surface area contributed by atoms with Crippen molar-refractivity contribution in [1.29, 1.82) is 0 Å². The number of nitrogens with zero attached hydrogens (tertiary/aromatic N) is 2. The lowest BCUT2D eigenvalue weighted by atomic mass is 9.96. The van der Waals surface area contributed by atoms with Crippen LogP contribution in [0.15, 0.2) is 86.7 Å². The number of hydrogen-bond donors (Lipinski definition) is 0. The van der Waals surface area contributed by atoms with Crippen molar-refractivity contribution in [2.24, 2.45) is 4.99 Å². The van der Waals surface area contributed by atoms with Gasteiger partial charge in [-0.3, -0.25) is 9.36 Å². The second kappa shape index (κ2) is 10.4. The molecule has 0 fully saturated rings. The molecule has 0 aliphatic carbocycles. The summed E-state index contributed by atoms with van der Waals surface area (Å²) in [4.78, 5) is 31.6. The van der Waals surface area contributed by atoms with Gasteiger partial charge in [-0.05, 0) is 55.3 Å². The van der Waals surface area contributed by atoms with Crippen LogP contribution in [0.3, 0.4) is 0 Å². The Labute approximate surface area is 209 Å². The average molecular weight is 539 g/mol. The summed E-state index contributed by atoms with van der Waals surface area (Å²) in [5, 5.41) is 0. The van der Waals surface area contributed by atoms with Gasteiger partial charge in [0.25, 0.3) is 5.56 Å². The largest absolute Gasteiger partial charge is 0.490 e. The summed E-state index contributed by atoms with van der Waals surface area (Å²) in [6, 6.07) is 14.4. The normalized spacial score (nSPS) is 15.5. The molecule has 0 radical (unpaired) electrons. The van der Waals surface area contributed by atoms with Crippen molar-refractivity contribution in [3.05, 3.63) is 108 Å². The Hall–Kier alpha value is -3.23. The SMILES string of the molecule is C=CCOc1ccc(C=c2sc3n(c2=O)[C@H](c2ccc(Br)cc2)C(C(=O)OCC)=C(C)N=3)cc1. The summed E-state index contributed by atoms with van der Waals surface area (Å²) in [5.41, 5.74) is 2.36. The quantitative estimate of drug-likeness (QED) is 0.335. The maximum absolute atomic E-state index is 13.6. The van der Waals surface area contributed by atoms with Crippen LogP contribution in [0.4, 0.5) is 0 Å². The number of benzene rings is 2. The molecule has 3 aromatic rings. The Morgan fingerprint density at radius 3 is 2.56 bits per heavy atom. The highest BCUT2D eigenvalue weighted by Crippen LogP contribution is 2.31. The highest BCUT2D eigenvalue weighted by molar-refractivity contribution is 9.10. The van der Waals surface area contributed by atoms with Crippen LogP contribution in [0, 0.1) is 0 Å². The third-order valence-corrected chi connectivity index (χ3v) is 6.76. The number of allylic oxidation sites excluding steroid dienone is 1. The molecular formula is C26H23BrN2O4S. The van der Waals surface area contributed by atoms with Gasteiger partial charge in [-0.15, -0.1) is 0 Å². The summed E-state index contributed by atoms with van der Waals surface area (Å²) in [5.74, 6) is 0.254. The van der Waals surface area contributed by atoms with E-state index in [-0.39, 0.29) is 12.2 Å². The lowest BCUT2D eigenvalue weighted by molar-refractivity contribution is -0.139. The van der Waals surface area contributed by atoms with Crippen molar-refractivity contribution in [2.75, 3.05) is 13.2 Å². The molecule has 0 unspecified atom stereocenters. The number of esters is 1. The van der Waals surface area contributed by atoms with Crippen LogP contribution in [0.25, 0.3) is 6.08 Å². The van der Waals surface area contributed by atoms with Gasteiger partial charge in [0.2, 0.25) is 0 Å². The van der Waals surface area contributed by atoms with E-state index in [0.717, 1.165) is 21.3 Å². The number of fused-ring (bicyclic) bond motifs is 1. The van der Waals surface area contributed by atoms with Crippen molar-refractivity contribution in [3.63, 3.8) is 0 Å². The van der Waals surface area contributed by atoms with E-state index in [1.165, 1.54) is 11.3 Å². The minimum absolute atomic E-state index is 0.210. The Bertz CT molecular complexity index is 1430.